The molecule has 0 aliphatic heterocycles. The van der Waals surface area contributed by atoms with Gasteiger partial charge in [-0.1, -0.05) is 0 Å². The third-order valence-corrected chi connectivity index (χ3v) is 3.32. The molecule has 6 heteroatoms. The minimum atomic E-state index is 0.342. The lowest BCUT2D eigenvalue weighted by molar-refractivity contribution is 0.493. The Morgan fingerprint density at radius 1 is 1.44 bits per heavy atom. The van der Waals surface area contributed by atoms with Gasteiger partial charge in [0.05, 0.1) is 18.7 Å². The lowest BCUT2D eigenvalue weighted by atomic mass is 10.4. The van der Waals surface area contributed by atoms with Crippen molar-refractivity contribution in [2.45, 2.75) is 12.4 Å². The Kier molecular flexibility index (Phi) is 3.09. The van der Waals surface area contributed by atoms with Gasteiger partial charge in [-0.2, -0.15) is 0 Å². The predicted molar refractivity (Wildman–Crippen MR) is 72.6 cm³/mol. The van der Waals surface area contributed by atoms with Gasteiger partial charge in [0, 0.05) is 10.7 Å². The van der Waals surface area contributed by atoms with Gasteiger partial charge < -0.3 is 8.98 Å². The summed E-state index contributed by atoms with van der Waals surface area (Å²) in [5.41, 5.74) is 1.64. The molecule has 0 atom stereocenters. The molecule has 0 radical (unpaired) electrons. The second kappa shape index (κ2) is 4.74. The van der Waals surface area contributed by atoms with Crippen molar-refractivity contribution in [1.29, 1.82) is 0 Å². The number of hydrogen-bond acceptors (Lipinski definition) is 3. The lowest BCUT2D eigenvalue weighted by Crippen LogP contribution is -2.03. The molecule has 3 heterocycles. The molecule has 0 saturated heterocycles. The van der Waals surface area contributed by atoms with E-state index in [-0.39, 0.29) is 0 Å². The topological polar surface area (TPSA) is 43.9 Å². The summed E-state index contributed by atoms with van der Waals surface area (Å²) in [5.74, 6) is 1.98. The molecular formula is C12H9BrClN3O. The van der Waals surface area contributed by atoms with Crippen LogP contribution in [0.2, 0.25) is 0 Å². The van der Waals surface area contributed by atoms with Crippen LogP contribution in [-0.4, -0.2) is 14.5 Å². The number of halogens is 2. The van der Waals surface area contributed by atoms with E-state index < -0.39 is 0 Å². The van der Waals surface area contributed by atoms with E-state index in [1.807, 2.05) is 22.8 Å². The number of imidazole rings is 1. The minimum absolute atomic E-state index is 0.342. The highest BCUT2D eigenvalue weighted by Gasteiger charge is 2.12. The normalized spacial score (nSPS) is 11.2. The summed E-state index contributed by atoms with van der Waals surface area (Å²) in [6.07, 6.45) is 3.40. The van der Waals surface area contributed by atoms with Gasteiger partial charge in [0.25, 0.3) is 0 Å². The zero-order chi connectivity index (χ0) is 12.5. The van der Waals surface area contributed by atoms with Gasteiger partial charge in [-0.05, 0) is 34.1 Å². The highest BCUT2D eigenvalue weighted by molar-refractivity contribution is 9.10. The fourth-order valence-corrected chi connectivity index (χ4v) is 2.38. The van der Waals surface area contributed by atoms with Crippen molar-refractivity contribution in [3.05, 3.63) is 46.7 Å². The van der Waals surface area contributed by atoms with Crippen LogP contribution in [0.3, 0.4) is 0 Å². The highest BCUT2D eigenvalue weighted by Crippen LogP contribution is 2.20. The van der Waals surface area contributed by atoms with Crippen LogP contribution in [-0.2, 0) is 12.4 Å². The lowest BCUT2D eigenvalue weighted by Gasteiger charge is -2.04. The Labute approximate surface area is 117 Å². The van der Waals surface area contributed by atoms with Crippen LogP contribution in [0.5, 0.6) is 0 Å². The van der Waals surface area contributed by atoms with Gasteiger partial charge in [0.15, 0.2) is 5.65 Å². The van der Waals surface area contributed by atoms with E-state index in [4.69, 9.17) is 16.0 Å². The minimum Gasteiger partial charge on any atom is -0.467 e. The molecular weight excluding hydrogens is 318 g/mol. The van der Waals surface area contributed by atoms with Crippen molar-refractivity contribution in [2.24, 2.45) is 0 Å². The number of alkyl halides is 1. The van der Waals surface area contributed by atoms with E-state index in [9.17, 15) is 0 Å². The van der Waals surface area contributed by atoms with Crippen LogP contribution < -0.4 is 0 Å². The molecule has 0 aliphatic carbocycles. The number of aromatic nitrogens is 3. The maximum absolute atomic E-state index is 5.93. The molecule has 0 N–H and O–H groups in total. The Morgan fingerprint density at radius 2 is 2.33 bits per heavy atom. The molecule has 4 nitrogen and oxygen atoms in total. The summed E-state index contributed by atoms with van der Waals surface area (Å²) in [5, 5.41) is 0. The summed E-state index contributed by atoms with van der Waals surface area (Å²) in [6.45, 7) is 0.584. The average molecular weight is 327 g/mol. The van der Waals surface area contributed by atoms with Crippen molar-refractivity contribution < 1.29 is 4.42 Å². The number of rotatable bonds is 3. The third-order valence-electron chi connectivity index (χ3n) is 2.64. The molecule has 18 heavy (non-hydrogen) atoms. The van der Waals surface area contributed by atoms with Crippen LogP contribution in [0.15, 0.2) is 39.5 Å². The Morgan fingerprint density at radius 3 is 3.06 bits per heavy atom. The highest BCUT2D eigenvalue weighted by atomic mass is 79.9. The maximum Gasteiger partial charge on any atom is 0.160 e. The second-order valence-electron chi connectivity index (χ2n) is 3.82. The zero-order valence-corrected chi connectivity index (χ0v) is 11.6. The molecule has 92 valence electrons. The van der Waals surface area contributed by atoms with Gasteiger partial charge >= 0.3 is 0 Å². The Balaban J connectivity index is 2.13. The standard InChI is InChI=1S/C12H9BrClN3O/c13-8-4-10-12(15-6-8)17(11(5-14)16-10)7-9-2-1-3-18-9/h1-4,6H,5,7H2. The van der Waals surface area contributed by atoms with Crippen LogP contribution >= 0.6 is 27.5 Å². The quantitative estimate of drug-likeness (QED) is 0.691. The van der Waals surface area contributed by atoms with Crippen LogP contribution in [0.4, 0.5) is 0 Å². The van der Waals surface area contributed by atoms with E-state index in [1.54, 1.807) is 12.5 Å². The molecule has 3 rings (SSSR count). The molecule has 0 aliphatic rings. The maximum atomic E-state index is 5.93. The molecule has 0 spiro atoms. The molecule has 0 saturated carbocycles. The van der Waals surface area contributed by atoms with Gasteiger partial charge in [-0.25, -0.2) is 9.97 Å². The van der Waals surface area contributed by atoms with Crippen molar-refractivity contribution >= 4 is 38.7 Å². The summed E-state index contributed by atoms with van der Waals surface area (Å²) < 4.78 is 8.22. The van der Waals surface area contributed by atoms with Crippen molar-refractivity contribution in [3.63, 3.8) is 0 Å². The largest absolute Gasteiger partial charge is 0.467 e. The number of pyridine rings is 1. The van der Waals surface area contributed by atoms with Crippen LogP contribution in [0, 0.1) is 0 Å². The first kappa shape index (κ1) is 11.7. The zero-order valence-electron chi connectivity index (χ0n) is 9.31. The van der Waals surface area contributed by atoms with E-state index in [2.05, 4.69) is 25.9 Å². The molecule has 0 unspecified atom stereocenters. The monoisotopic (exact) mass is 325 g/mol. The summed E-state index contributed by atoms with van der Waals surface area (Å²) >= 11 is 9.32. The molecule has 3 aromatic rings. The molecule has 3 aromatic heterocycles. The summed E-state index contributed by atoms with van der Waals surface area (Å²) in [7, 11) is 0. The van der Waals surface area contributed by atoms with E-state index in [1.165, 1.54) is 0 Å². The van der Waals surface area contributed by atoms with E-state index in [0.717, 1.165) is 27.2 Å². The van der Waals surface area contributed by atoms with Gasteiger partial charge in [0.2, 0.25) is 0 Å². The first-order chi connectivity index (χ1) is 8.78. The Hall–Kier alpha value is -1.33. The first-order valence-electron chi connectivity index (χ1n) is 5.37. The molecule has 0 fully saturated rings. The number of hydrogen-bond donors (Lipinski definition) is 0. The van der Waals surface area contributed by atoms with E-state index >= 15 is 0 Å². The first-order valence-corrected chi connectivity index (χ1v) is 6.69. The smallest absolute Gasteiger partial charge is 0.160 e. The van der Waals surface area contributed by atoms with Crippen molar-refractivity contribution in [2.75, 3.05) is 0 Å². The molecule has 0 aromatic carbocycles. The molecule has 0 bridgehead atoms. The third kappa shape index (κ3) is 2.04. The van der Waals surface area contributed by atoms with Crippen LogP contribution in [0.25, 0.3) is 11.2 Å². The SMILES string of the molecule is ClCc1nc2cc(Br)cnc2n1Cc1ccco1. The number of nitrogens with zero attached hydrogens (tertiary/aromatic N) is 3. The fraction of sp³-hybridized carbons (Fsp3) is 0.167. The predicted octanol–water partition coefficient (Wildman–Crippen LogP) is 3.57. The molecule has 0 amide bonds. The summed E-state index contributed by atoms with van der Waals surface area (Å²) in [6, 6.07) is 5.71. The summed E-state index contributed by atoms with van der Waals surface area (Å²) in [4.78, 5) is 8.85. The number of furan rings is 1. The average Bonchev–Trinajstić information content (AvgIpc) is 2.97. The van der Waals surface area contributed by atoms with Crippen LogP contribution in [0.1, 0.15) is 11.6 Å². The van der Waals surface area contributed by atoms with Crippen molar-refractivity contribution in [3.8, 4) is 0 Å². The van der Waals surface area contributed by atoms with Gasteiger partial charge in [0.1, 0.15) is 17.1 Å². The fourth-order valence-electron chi connectivity index (χ4n) is 1.86. The van der Waals surface area contributed by atoms with Gasteiger partial charge in [-0.15, -0.1) is 11.6 Å². The number of fused-ring (bicyclic) bond motifs is 1. The second-order valence-corrected chi connectivity index (χ2v) is 5.01. The van der Waals surface area contributed by atoms with Gasteiger partial charge in [-0.3, -0.25) is 0 Å². The van der Waals surface area contributed by atoms with Crippen molar-refractivity contribution in [1.82, 2.24) is 14.5 Å². The van der Waals surface area contributed by atoms with E-state index in [0.29, 0.717) is 12.4 Å². The Bertz CT molecular complexity index is 678.